The average molecular weight is 402 g/mol. The highest BCUT2D eigenvalue weighted by Gasteiger charge is 2.27. The van der Waals surface area contributed by atoms with E-state index in [4.69, 9.17) is 5.73 Å². The van der Waals surface area contributed by atoms with Crippen molar-refractivity contribution in [1.29, 1.82) is 0 Å². The molecule has 0 bridgehead atoms. The Kier molecular flexibility index (Phi) is 5.96. The number of hydrogen-bond acceptors (Lipinski definition) is 6. The van der Waals surface area contributed by atoms with Gasteiger partial charge in [-0.3, -0.25) is 15.0 Å². The molecule has 0 radical (unpaired) electrons. The Bertz CT molecular complexity index is 907. The quantitative estimate of drug-likeness (QED) is 0.666. The minimum Gasteiger partial charge on any atom is -0.465 e. The number of benzene rings is 1. The van der Waals surface area contributed by atoms with Gasteiger partial charge in [0.1, 0.15) is 5.00 Å². The number of carbonyl (C=O) groups excluding carboxylic acids is 3. The molecule has 0 aliphatic carbocycles. The molecule has 0 saturated carbocycles. The minimum atomic E-state index is -0.542. The van der Waals surface area contributed by atoms with Gasteiger partial charge in [0.2, 0.25) is 0 Å². The van der Waals surface area contributed by atoms with E-state index in [-0.39, 0.29) is 0 Å². The van der Waals surface area contributed by atoms with Crippen molar-refractivity contribution in [1.82, 2.24) is 4.90 Å². The molecule has 1 aromatic carbocycles. The molecule has 28 heavy (non-hydrogen) atoms. The molecule has 0 saturated heterocycles. The number of methoxy groups -OCH3 is 1. The van der Waals surface area contributed by atoms with Crippen molar-refractivity contribution in [3.05, 3.63) is 45.8 Å². The van der Waals surface area contributed by atoms with Crippen LogP contribution in [0, 0.1) is 0 Å². The summed E-state index contributed by atoms with van der Waals surface area (Å²) in [6, 6.07) is 5.82. The van der Waals surface area contributed by atoms with Gasteiger partial charge in [0.25, 0.3) is 5.91 Å². The van der Waals surface area contributed by atoms with E-state index in [9.17, 15) is 14.4 Å². The average Bonchev–Trinajstić information content (AvgIpc) is 3.04. The molecule has 8 nitrogen and oxygen atoms in total. The molecule has 148 valence electrons. The van der Waals surface area contributed by atoms with Gasteiger partial charge in [0.05, 0.1) is 18.2 Å². The molecular weight excluding hydrogens is 380 g/mol. The molecular formula is C19H22N4O4S. The van der Waals surface area contributed by atoms with Crippen LogP contribution in [0.1, 0.15) is 38.1 Å². The number of anilines is 2. The second-order valence-corrected chi connectivity index (χ2v) is 7.44. The van der Waals surface area contributed by atoms with Gasteiger partial charge < -0.3 is 15.8 Å². The summed E-state index contributed by atoms with van der Waals surface area (Å²) in [7, 11) is 1.30. The maximum Gasteiger partial charge on any atom is 0.337 e. The highest BCUT2D eigenvalue weighted by atomic mass is 32.1. The van der Waals surface area contributed by atoms with Crippen molar-refractivity contribution in [2.45, 2.75) is 19.9 Å². The first kappa shape index (κ1) is 19.8. The van der Waals surface area contributed by atoms with Crippen molar-refractivity contribution in [3.63, 3.8) is 0 Å². The third-order valence-corrected chi connectivity index (χ3v) is 5.75. The molecule has 0 atom stereocenters. The summed E-state index contributed by atoms with van der Waals surface area (Å²) >= 11 is 1.38. The lowest BCUT2D eigenvalue weighted by molar-refractivity contribution is 0.0600. The zero-order valence-corrected chi connectivity index (χ0v) is 16.5. The number of carbonyl (C=O) groups is 3. The van der Waals surface area contributed by atoms with E-state index in [1.807, 2.05) is 0 Å². The van der Waals surface area contributed by atoms with Crippen molar-refractivity contribution >= 4 is 39.9 Å². The van der Waals surface area contributed by atoms with Gasteiger partial charge in [-0.05, 0) is 42.8 Å². The summed E-state index contributed by atoms with van der Waals surface area (Å²) in [5.41, 5.74) is 7.79. The molecule has 0 unspecified atom stereocenters. The first-order valence-electron chi connectivity index (χ1n) is 8.86. The number of hydrogen-bond donors (Lipinski definition) is 3. The summed E-state index contributed by atoms with van der Waals surface area (Å²) in [5.74, 6) is -0.993. The normalized spacial score (nSPS) is 13.5. The van der Waals surface area contributed by atoms with Gasteiger partial charge >= 0.3 is 12.0 Å². The van der Waals surface area contributed by atoms with Crippen molar-refractivity contribution in [3.8, 4) is 0 Å². The number of nitrogens with one attached hydrogen (secondary N) is 2. The fraction of sp³-hybridized carbons (Fsp3) is 0.316. The first-order chi connectivity index (χ1) is 13.4. The molecule has 0 fully saturated rings. The van der Waals surface area contributed by atoms with Crippen LogP contribution < -0.4 is 16.4 Å². The summed E-state index contributed by atoms with van der Waals surface area (Å²) in [6.45, 7) is 4.62. The molecule has 4 N–H and O–H groups in total. The number of likely N-dealkylation sites (N-methyl/N-ethyl adjacent to an activating group) is 1. The number of nitrogens with zero attached hydrogens (tertiary/aromatic N) is 1. The van der Waals surface area contributed by atoms with Crippen LogP contribution >= 0.6 is 11.3 Å². The third kappa shape index (κ3) is 4.15. The molecule has 1 aromatic heterocycles. The second-order valence-electron chi connectivity index (χ2n) is 6.34. The van der Waals surface area contributed by atoms with E-state index in [1.54, 1.807) is 24.3 Å². The van der Waals surface area contributed by atoms with E-state index < -0.39 is 17.9 Å². The van der Waals surface area contributed by atoms with Gasteiger partial charge in [0, 0.05) is 23.7 Å². The Morgan fingerprint density at radius 1 is 1.21 bits per heavy atom. The Morgan fingerprint density at radius 3 is 2.54 bits per heavy atom. The van der Waals surface area contributed by atoms with E-state index >= 15 is 0 Å². The van der Waals surface area contributed by atoms with Crippen LogP contribution in [0.5, 0.6) is 0 Å². The molecule has 1 aliphatic heterocycles. The predicted octanol–water partition coefficient (Wildman–Crippen LogP) is 2.66. The molecule has 3 rings (SSSR count). The lowest BCUT2D eigenvalue weighted by Gasteiger charge is -2.25. The highest BCUT2D eigenvalue weighted by molar-refractivity contribution is 7.17. The Balaban J connectivity index is 1.74. The molecule has 9 heteroatoms. The number of nitrogens with two attached hydrogens (primary N) is 1. The maximum atomic E-state index is 12.4. The van der Waals surface area contributed by atoms with E-state index in [1.165, 1.54) is 18.4 Å². The zero-order valence-electron chi connectivity index (χ0n) is 15.7. The molecule has 1 aliphatic rings. The van der Waals surface area contributed by atoms with E-state index in [0.717, 1.165) is 36.5 Å². The Morgan fingerprint density at radius 2 is 1.93 bits per heavy atom. The predicted molar refractivity (Wildman–Crippen MR) is 108 cm³/mol. The van der Waals surface area contributed by atoms with Crippen LogP contribution in [0.15, 0.2) is 24.3 Å². The number of ether oxygens (including phenoxy) is 1. The number of primary amides is 1. The van der Waals surface area contributed by atoms with Gasteiger partial charge in [-0.25, -0.2) is 9.59 Å². The summed E-state index contributed by atoms with van der Waals surface area (Å²) < 4.78 is 4.64. The van der Waals surface area contributed by atoms with E-state index in [0.29, 0.717) is 21.8 Å². The van der Waals surface area contributed by atoms with Crippen LogP contribution in [0.25, 0.3) is 0 Å². The Hall–Kier alpha value is -2.91. The fourth-order valence-electron chi connectivity index (χ4n) is 3.15. The van der Waals surface area contributed by atoms with E-state index in [2.05, 4.69) is 27.2 Å². The van der Waals surface area contributed by atoms with Crippen LogP contribution in [0.4, 0.5) is 15.5 Å². The number of urea groups is 1. The molecule has 0 spiro atoms. The van der Waals surface area contributed by atoms with Gasteiger partial charge in [-0.2, -0.15) is 0 Å². The molecule has 3 amide bonds. The topological polar surface area (TPSA) is 114 Å². The lowest BCUT2D eigenvalue weighted by Crippen LogP contribution is -2.30. The largest absolute Gasteiger partial charge is 0.465 e. The second kappa shape index (κ2) is 8.41. The summed E-state index contributed by atoms with van der Waals surface area (Å²) in [4.78, 5) is 39.2. The monoisotopic (exact) mass is 402 g/mol. The van der Waals surface area contributed by atoms with Crippen molar-refractivity contribution < 1.29 is 19.1 Å². The summed E-state index contributed by atoms with van der Waals surface area (Å²) in [6.07, 6.45) is 0.732. The number of amides is 3. The van der Waals surface area contributed by atoms with Crippen molar-refractivity contribution in [2.24, 2.45) is 5.73 Å². The highest BCUT2D eigenvalue weighted by Crippen LogP contribution is 2.36. The SMILES string of the molecule is CCN1CCc2c(sc(NC(=O)Nc3ccc(C(=O)OC)cc3)c2C(N)=O)C1. The smallest absolute Gasteiger partial charge is 0.337 e. The van der Waals surface area contributed by atoms with Gasteiger partial charge in [-0.1, -0.05) is 6.92 Å². The maximum absolute atomic E-state index is 12.4. The fourth-order valence-corrected chi connectivity index (χ4v) is 4.44. The summed E-state index contributed by atoms with van der Waals surface area (Å²) in [5, 5.41) is 5.88. The zero-order chi connectivity index (χ0) is 20.3. The number of thiophene rings is 1. The Labute approximate surface area is 166 Å². The minimum absolute atomic E-state index is 0.385. The first-order valence-corrected chi connectivity index (χ1v) is 9.67. The lowest BCUT2D eigenvalue weighted by atomic mass is 10.0. The number of esters is 1. The van der Waals surface area contributed by atoms with Crippen LogP contribution in [-0.2, 0) is 17.7 Å². The van der Waals surface area contributed by atoms with Crippen LogP contribution in [0.3, 0.4) is 0 Å². The van der Waals surface area contributed by atoms with Gasteiger partial charge in [0.15, 0.2) is 0 Å². The van der Waals surface area contributed by atoms with Gasteiger partial charge in [-0.15, -0.1) is 11.3 Å². The number of rotatable bonds is 5. The molecule has 2 heterocycles. The third-order valence-electron chi connectivity index (χ3n) is 4.62. The van der Waals surface area contributed by atoms with Crippen LogP contribution in [0.2, 0.25) is 0 Å². The number of fused-ring (bicyclic) bond motifs is 1. The van der Waals surface area contributed by atoms with Crippen LogP contribution in [-0.4, -0.2) is 43.0 Å². The standard InChI is InChI=1S/C19H22N4O4S/c1-3-23-9-8-13-14(10-23)28-17(15(13)16(20)24)22-19(26)21-12-6-4-11(5-7-12)18(25)27-2/h4-7H,3,8-10H2,1-2H3,(H2,20,24)(H2,21,22,26). The molecule has 2 aromatic rings. The van der Waals surface area contributed by atoms with Crippen molar-refractivity contribution in [2.75, 3.05) is 30.8 Å².